The Bertz CT molecular complexity index is 1640. The summed E-state index contributed by atoms with van der Waals surface area (Å²) < 4.78 is 56.6. The van der Waals surface area contributed by atoms with Crippen molar-refractivity contribution in [3.8, 4) is 0 Å². The molecule has 0 bridgehead atoms. The van der Waals surface area contributed by atoms with Crippen LogP contribution in [0.15, 0.2) is 48.0 Å². The number of rotatable bonds is 14. The molecule has 0 radical (unpaired) electrons. The molecule has 0 spiro atoms. The summed E-state index contributed by atoms with van der Waals surface area (Å²) in [5, 5.41) is 20.3. The van der Waals surface area contributed by atoms with Crippen LogP contribution >= 0.6 is 0 Å². The summed E-state index contributed by atoms with van der Waals surface area (Å²) in [5.41, 5.74) is -0.372. The van der Waals surface area contributed by atoms with Gasteiger partial charge in [-0.05, 0) is 71.9 Å². The van der Waals surface area contributed by atoms with Crippen LogP contribution in [0.25, 0.3) is 5.57 Å². The summed E-state index contributed by atoms with van der Waals surface area (Å²) in [6.07, 6.45) is -3.15. The highest BCUT2D eigenvalue weighted by Crippen LogP contribution is 2.47. The van der Waals surface area contributed by atoms with Crippen LogP contribution in [0, 0.1) is 17.7 Å². The summed E-state index contributed by atoms with van der Waals surface area (Å²) in [7, 11) is 0. The van der Waals surface area contributed by atoms with Crippen LogP contribution in [0.2, 0.25) is 0 Å². The van der Waals surface area contributed by atoms with E-state index in [1.165, 1.54) is 24.3 Å². The molecule has 4 amide bonds. The molecule has 0 saturated heterocycles. The molecule has 0 aliphatic heterocycles. The van der Waals surface area contributed by atoms with Crippen LogP contribution in [-0.2, 0) is 38.2 Å². The molecule has 2 unspecified atom stereocenters. The van der Waals surface area contributed by atoms with Crippen molar-refractivity contribution in [2.45, 2.75) is 103 Å². The van der Waals surface area contributed by atoms with Crippen molar-refractivity contribution in [1.82, 2.24) is 21.3 Å². The molecule has 0 fully saturated rings. The van der Waals surface area contributed by atoms with Gasteiger partial charge in [0.25, 0.3) is 0 Å². The molecule has 13 heteroatoms. The maximum absolute atomic E-state index is 14.6. The molecular weight excluding hydrogens is 668 g/mol. The minimum absolute atomic E-state index is 0.0404. The highest BCUT2D eigenvalue weighted by Gasteiger charge is 2.48. The van der Waals surface area contributed by atoms with Crippen molar-refractivity contribution in [2.75, 3.05) is 13.2 Å². The lowest BCUT2D eigenvalue weighted by atomic mass is 9.70. The molecule has 0 saturated carbocycles. The first-order chi connectivity index (χ1) is 24.1. The van der Waals surface area contributed by atoms with Gasteiger partial charge in [0.05, 0.1) is 18.6 Å². The number of hydrogen-bond donors (Lipinski definition) is 5. The predicted molar refractivity (Wildman–Crippen MR) is 184 cm³/mol. The first kappa shape index (κ1) is 39.5. The van der Waals surface area contributed by atoms with Crippen molar-refractivity contribution in [1.29, 1.82) is 0 Å². The molecule has 278 valence electrons. The van der Waals surface area contributed by atoms with E-state index >= 15 is 0 Å². The number of amides is 4. The lowest BCUT2D eigenvalue weighted by Crippen LogP contribution is -2.66. The highest BCUT2D eigenvalue weighted by atomic mass is 19.4. The topological polar surface area (TPSA) is 137 Å². The molecule has 2 aromatic carbocycles. The Hall–Kier alpha value is -4.26. The van der Waals surface area contributed by atoms with E-state index in [-0.39, 0.29) is 55.9 Å². The average molecular weight is 717 g/mol. The Labute approximate surface area is 296 Å². The number of nitrogens with one attached hydrogen (secondary N) is 4. The molecular formula is C38H48F4N4O5. The molecule has 4 rings (SSSR count). The monoisotopic (exact) mass is 716 g/mol. The number of aliphatic hydroxyl groups excluding tert-OH is 1. The van der Waals surface area contributed by atoms with E-state index in [1.807, 2.05) is 13.8 Å². The lowest BCUT2D eigenvalue weighted by molar-refractivity contribution is -0.139. The quantitative estimate of drug-likeness (QED) is 0.176. The van der Waals surface area contributed by atoms with Gasteiger partial charge in [-0.2, -0.15) is 13.2 Å². The Balaban J connectivity index is 1.73. The van der Waals surface area contributed by atoms with Crippen LogP contribution in [0.1, 0.15) is 88.5 Å². The largest absolute Gasteiger partial charge is 0.416 e. The van der Waals surface area contributed by atoms with Crippen molar-refractivity contribution < 1.29 is 41.8 Å². The minimum Gasteiger partial charge on any atom is -0.395 e. The zero-order valence-electron chi connectivity index (χ0n) is 29.5. The molecule has 9 nitrogen and oxygen atoms in total. The van der Waals surface area contributed by atoms with Crippen molar-refractivity contribution >= 4 is 29.2 Å². The number of halogens is 4. The average Bonchev–Trinajstić information content (AvgIpc) is 3.11. The fourth-order valence-corrected chi connectivity index (χ4v) is 6.95. The molecule has 2 aromatic rings. The second-order valence-electron chi connectivity index (χ2n) is 13.7. The number of alkyl halides is 3. The third-order valence-electron chi connectivity index (χ3n) is 10.4. The fourth-order valence-electron chi connectivity index (χ4n) is 6.95. The fraction of sp³-hybridized carbons (Fsp3) is 0.526. The Morgan fingerprint density at radius 3 is 2.18 bits per heavy atom. The van der Waals surface area contributed by atoms with Gasteiger partial charge in [0.1, 0.15) is 23.4 Å². The highest BCUT2D eigenvalue weighted by molar-refractivity contribution is 5.99. The van der Waals surface area contributed by atoms with E-state index in [2.05, 4.69) is 21.3 Å². The molecule has 5 atom stereocenters. The van der Waals surface area contributed by atoms with Gasteiger partial charge in [0, 0.05) is 13.0 Å². The first-order valence-electron chi connectivity index (χ1n) is 17.6. The number of benzene rings is 2. The number of allylic oxidation sites excluding steroid dienone is 1. The summed E-state index contributed by atoms with van der Waals surface area (Å²) in [6.45, 7) is 6.84. The standard InChI is InChI=1S/C38H48F4N4O5/c1-5-22(3)32(34(49)43-18-19-47)45-36(51)37(17-16-24-14-15-27-26(28(24)21-37)11-9-12-29(27)38(40,41)42)46-35(50)33(23(4)6-2)44-31(48)20-25-10-7-8-13-30(25)39/h7-13,22-23,32-33,47H,5-6,14-21H2,1-4H3,(H,43,49)(H,44,48)(H,45,51)(H,46,50)/t22?,23?,32-,33-,37+/m0/s1. The van der Waals surface area contributed by atoms with E-state index in [0.717, 1.165) is 11.6 Å². The van der Waals surface area contributed by atoms with Gasteiger partial charge in [0.2, 0.25) is 23.6 Å². The van der Waals surface area contributed by atoms with Gasteiger partial charge in [0.15, 0.2) is 0 Å². The number of hydrogen-bond acceptors (Lipinski definition) is 5. The van der Waals surface area contributed by atoms with Crippen molar-refractivity contribution in [2.24, 2.45) is 11.8 Å². The molecule has 2 aliphatic rings. The molecule has 51 heavy (non-hydrogen) atoms. The third kappa shape index (κ3) is 9.16. The molecule has 0 heterocycles. The maximum Gasteiger partial charge on any atom is 0.416 e. The smallest absolute Gasteiger partial charge is 0.395 e. The first-order valence-corrected chi connectivity index (χ1v) is 17.6. The van der Waals surface area contributed by atoms with Crippen LogP contribution in [0.3, 0.4) is 0 Å². The third-order valence-corrected chi connectivity index (χ3v) is 10.4. The van der Waals surface area contributed by atoms with E-state index in [9.17, 15) is 41.8 Å². The summed E-state index contributed by atoms with van der Waals surface area (Å²) in [4.78, 5) is 55.2. The van der Waals surface area contributed by atoms with Crippen molar-refractivity contribution in [3.05, 3.63) is 76.1 Å². The normalized spacial score (nSPS) is 19.5. The zero-order valence-corrected chi connectivity index (χ0v) is 29.5. The number of carbonyl (C=O) groups excluding carboxylic acids is 4. The van der Waals surface area contributed by atoms with Gasteiger partial charge < -0.3 is 26.4 Å². The van der Waals surface area contributed by atoms with Crippen LogP contribution in [-0.4, -0.2) is 59.5 Å². The second-order valence-corrected chi connectivity index (χ2v) is 13.7. The Morgan fingerprint density at radius 1 is 0.882 bits per heavy atom. The van der Waals surface area contributed by atoms with Gasteiger partial charge in [-0.3, -0.25) is 19.2 Å². The zero-order chi connectivity index (χ0) is 37.5. The lowest BCUT2D eigenvalue weighted by Gasteiger charge is -2.42. The van der Waals surface area contributed by atoms with Crippen LogP contribution in [0.5, 0.6) is 0 Å². The van der Waals surface area contributed by atoms with Gasteiger partial charge in [-0.1, -0.05) is 76.4 Å². The molecule has 0 aromatic heterocycles. The van der Waals surface area contributed by atoms with Crippen LogP contribution < -0.4 is 21.3 Å². The van der Waals surface area contributed by atoms with E-state index in [4.69, 9.17) is 0 Å². The minimum atomic E-state index is -4.59. The summed E-state index contributed by atoms with van der Waals surface area (Å²) in [5.74, 6) is -3.85. The van der Waals surface area contributed by atoms with Gasteiger partial charge >= 0.3 is 6.18 Å². The Kier molecular flexibility index (Phi) is 13.0. The summed E-state index contributed by atoms with van der Waals surface area (Å²) >= 11 is 0. The van der Waals surface area contributed by atoms with Crippen LogP contribution in [0.4, 0.5) is 17.6 Å². The molecule has 2 aliphatic carbocycles. The maximum atomic E-state index is 14.6. The Morgan fingerprint density at radius 2 is 1.55 bits per heavy atom. The number of carbonyl (C=O) groups is 4. The molecule has 5 N–H and O–H groups in total. The van der Waals surface area contributed by atoms with E-state index in [0.29, 0.717) is 36.8 Å². The predicted octanol–water partition coefficient (Wildman–Crippen LogP) is 5.00. The second kappa shape index (κ2) is 16.8. The van der Waals surface area contributed by atoms with Gasteiger partial charge in [-0.15, -0.1) is 0 Å². The summed E-state index contributed by atoms with van der Waals surface area (Å²) in [6, 6.07) is 7.59. The van der Waals surface area contributed by atoms with Crippen molar-refractivity contribution in [3.63, 3.8) is 0 Å². The van der Waals surface area contributed by atoms with E-state index < -0.39 is 64.7 Å². The number of aliphatic hydroxyl groups is 1. The SMILES string of the molecule is CCC(C)[C@H](NC(=O)Cc1ccccc1F)C(=O)N[C@]1(C(=O)N[C@H](C(=O)NCCO)C(C)CC)CCC2=C(C1)c1cccc(C(F)(F)F)c1CC2. The number of fused-ring (bicyclic) bond motifs is 2. The van der Waals surface area contributed by atoms with E-state index in [1.54, 1.807) is 26.0 Å². The van der Waals surface area contributed by atoms with Gasteiger partial charge in [-0.25, -0.2) is 4.39 Å².